The van der Waals surface area contributed by atoms with Gasteiger partial charge in [-0.25, -0.2) is 0 Å². The lowest BCUT2D eigenvalue weighted by Gasteiger charge is -2.39. The zero-order chi connectivity index (χ0) is 14.4. The van der Waals surface area contributed by atoms with Gasteiger partial charge in [0, 0.05) is 26.3 Å². The summed E-state index contributed by atoms with van der Waals surface area (Å²) in [5.74, 6) is 2.46. The Morgan fingerprint density at radius 2 is 1.85 bits per heavy atom. The van der Waals surface area contributed by atoms with Crippen LogP contribution in [0.4, 0.5) is 0 Å². The van der Waals surface area contributed by atoms with Crippen LogP contribution >= 0.6 is 0 Å². The maximum Gasteiger partial charge on any atom is 0.0491 e. The fourth-order valence-corrected chi connectivity index (χ4v) is 4.17. The van der Waals surface area contributed by atoms with Crippen molar-refractivity contribution in [1.82, 2.24) is 4.90 Å². The molecule has 3 heteroatoms. The summed E-state index contributed by atoms with van der Waals surface area (Å²) in [4.78, 5) is 2.66. The smallest absolute Gasteiger partial charge is 0.0491 e. The van der Waals surface area contributed by atoms with Gasteiger partial charge in [0.1, 0.15) is 0 Å². The van der Waals surface area contributed by atoms with Crippen molar-refractivity contribution in [1.29, 1.82) is 0 Å². The minimum atomic E-state index is 0.444. The van der Waals surface area contributed by atoms with Gasteiger partial charge in [0.05, 0.1) is 0 Å². The van der Waals surface area contributed by atoms with Crippen LogP contribution in [0.15, 0.2) is 0 Å². The van der Waals surface area contributed by atoms with E-state index in [1.165, 1.54) is 64.6 Å². The van der Waals surface area contributed by atoms with Gasteiger partial charge in [-0.2, -0.15) is 0 Å². The second-order valence-electron chi connectivity index (χ2n) is 7.09. The first-order chi connectivity index (χ1) is 9.72. The number of nitrogens with two attached hydrogens (primary N) is 1. The Morgan fingerprint density at radius 3 is 2.50 bits per heavy atom. The van der Waals surface area contributed by atoms with Crippen LogP contribution in [0.5, 0.6) is 0 Å². The van der Waals surface area contributed by atoms with Crippen molar-refractivity contribution in [2.24, 2.45) is 23.5 Å². The molecule has 2 rings (SSSR count). The summed E-state index contributed by atoms with van der Waals surface area (Å²) >= 11 is 0. The topological polar surface area (TPSA) is 38.5 Å². The van der Waals surface area contributed by atoms with Gasteiger partial charge in [0.15, 0.2) is 0 Å². The molecule has 20 heavy (non-hydrogen) atoms. The number of ether oxygens (including phenoxy) is 1. The number of hydrogen-bond acceptors (Lipinski definition) is 3. The van der Waals surface area contributed by atoms with Crippen LogP contribution in [0.2, 0.25) is 0 Å². The van der Waals surface area contributed by atoms with E-state index in [-0.39, 0.29) is 0 Å². The lowest BCUT2D eigenvalue weighted by Crippen LogP contribution is -2.45. The first kappa shape index (κ1) is 16.3. The lowest BCUT2D eigenvalue weighted by molar-refractivity contribution is 0.0805. The molecular weight excluding hydrogens is 248 g/mol. The molecule has 2 aliphatic rings. The van der Waals surface area contributed by atoms with Crippen molar-refractivity contribution in [2.45, 2.75) is 57.9 Å². The lowest BCUT2D eigenvalue weighted by atomic mass is 9.76. The SMILES string of the molecule is CCCC1CCC(N)C(CN2CCC(COC)CC2)C1. The summed E-state index contributed by atoms with van der Waals surface area (Å²) in [6, 6.07) is 0.444. The highest BCUT2D eigenvalue weighted by molar-refractivity contribution is 4.85. The minimum Gasteiger partial charge on any atom is -0.384 e. The molecule has 3 unspecified atom stereocenters. The van der Waals surface area contributed by atoms with Gasteiger partial charge in [-0.05, 0) is 62.9 Å². The standard InChI is InChI=1S/C17H34N2O/c1-3-4-14-5-6-17(18)16(11-14)12-19-9-7-15(8-10-19)13-20-2/h14-17H,3-13,18H2,1-2H3. The summed E-state index contributed by atoms with van der Waals surface area (Å²) in [5, 5.41) is 0. The third-order valence-corrected chi connectivity index (χ3v) is 5.45. The first-order valence-electron chi connectivity index (χ1n) is 8.69. The number of methoxy groups -OCH3 is 1. The van der Waals surface area contributed by atoms with E-state index >= 15 is 0 Å². The monoisotopic (exact) mass is 282 g/mol. The van der Waals surface area contributed by atoms with E-state index in [9.17, 15) is 0 Å². The zero-order valence-electron chi connectivity index (χ0n) is 13.5. The molecule has 2 N–H and O–H groups in total. The van der Waals surface area contributed by atoms with Crippen molar-refractivity contribution in [3.05, 3.63) is 0 Å². The molecule has 0 aromatic rings. The fraction of sp³-hybridized carbons (Fsp3) is 1.00. The Kier molecular flexibility index (Phi) is 6.79. The van der Waals surface area contributed by atoms with Crippen LogP contribution < -0.4 is 5.73 Å². The molecule has 2 fully saturated rings. The van der Waals surface area contributed by atoms with Crippen LogP contribution in [0.3, 0.4) is 0 Å². The molecule has 0 bridgehead atoms. The molecule has 1 aliphatic carbocycles. The molecule has 0 radical (unpaired) electrons. The van der Waals surface area contributed by atoms with E-state index in [1.807, 2.05) is 7.11 Å². The van der Waals surface area contributed by atoms with Crippen molar-refractivity contribution in [3.63, 3.8) is 0 Å². The number of piperidine rings is 1. The van der Waals surface area contributed by atoms with Crippen molar-refractivity contribution < 1.29 is 4.74 Å². The maximum absolute atomic E-state index is 6.38. The van der Waals surface area contributed by atoms with Crippen LogP contribution in [0.25, 0.3) is 0 Å². The van der Waals surface area contributed by atoms with Gasteiger partial charge in [0.2, 0.25) is 0 Å². The molecule has 1 saturated carbocycles. The highest BCUT2D eigenvalue weighted by Crippen LogP contribution is 2.32. The molecule has 1 heterocycles. The second kappa shape index (κ2) is 8.35. The summed E-state index contributed by atoms with van der Waals surface area (Å²) in [6.45, 7) is 6.98. The Bertz CT molecular complexity index is 264. The van der Waals surface area contributed by atoms with Crippen LogP contribution in [0, 0.1) is 17.8 Å². The van der Waals surface area contributed by atoms with E-state index in [4.69, 9.17) is 10.5 Å². The highest BCUT2D eigenvalue weighted by Gasteiger charge is 2.30. The summed E-state index contributed by atoms with van der Waals surface area (Å²) in [6.07, 6.45) is 9.31. The van der Waals surface area contributed by atoms with Crippen LogP contribution in [0.1, 0.15) is 51.9 Å². The molecule has 0 aromatic carbocycles. The van der Waals surface area contributed by atoms with Gasteiger partial charge >= 0.3 is 0 Å². The van der Waals surface area contributed by atoms with Crippen LogP contribution in [-0.2, 0) is 4.74 Å². The Balaban J connectivity index is 1.74. The molecule has 118 valence electrons. The minimum absolute atomic E-state index is 0.444. The Hall–Kier alpha value is -0.120. The molecular formula is C17H34N2O. The van der Waals surface area contributed by atoms with Crippen molar-refractivity contribution in [3.8, 4) is 0 Å². The van der Waals surface area contributed by atoms with E-state index in [0.717, 1.165) is 24.4 Å². The van der Waals surface area contributed by atoms with E-state index in [2.05, 4.69) is 11.8 Å². The largest absolute Gasteiger partial charge is 0.384 e. The molecule has 1 saturated heterocycles. The number of nitrogens with zero attached hydrogens (tertiary/aromatic N) is 1. The van der Waals surface area contributed by atoms with Gasteiger partial charge < -0.3 is 15.4 Å². The van der Waals surface area contributed by atoms with Crippen molar-refractivity contribution in [2.75, 3.05) is 33.4 Å². The molecule has 0 aromatic heterocycles. The fourth-order valence-electron chi connectivity index (χ4n) is 4.17. The third-order valence-electron chi connectivity index (χ3n) is 5.45. The number of rotatable bonds is 6. The van der Waals surface area contributed by atoms with Crippen molar-refractivity contribution >= 4 is 0 Å². The second-order valence-corrected chi connectivity index (χ2v) is 7.09. The summed E-state index contributed by atoms with van der Waals surface area (Å²) < 4.78 is 5.29. The molecule has 1 aliphatic heterocycles. The van der Waals surface area contributed by atoms with Crippen LogP contribution in [-0.4, -0.2) is 44.3 Å². The Morgan fingerprint density at radius 1 is 1.10 bits per heavy atom. The van der Waals surface area contributed by atoms with Gasteiger partial charge in [-0.15, -0.1) is 0 Å². The molecule has 0 amide bonds. The molecule has 0 spiro atoms. The molecule has 3 atom stereocenters. The van der Waals surface area contributed by atoms with E-state index in [0.29, 0.717) is 6.04 Å². The van der Waals surface area contributed by atoms with Gasteiger partial charge in [0.25, 0.3) is 0 Å². The zero-order valence-corrected chi connectivity index (χ0v) is 13.5. The van der Waals surface area contributed by atoms with Gasteiger partial charge in [-0.1, -0.05) is 19.8 Å². The van der Waals surface area contributed by atoms with E-state index in [1.54, 1.807) is 0 Å². The maximum atomic E-state index is 6.38. The summed E-state index contributed by atoms with van der Waals surface area (Å²) in [7, 11) is 1.82. The van der Waals surface area contributed by atoms with Gasteiger partial charge in [-0.3, -0.25) is 0 Å². The molecule has 3 nitrogen and oxygen atoms in total. The third kappa shape index (κ3) is 4.71. The quantitative estimate of drug-likeness (QED) is 0.814. The normalized spacial score (nSPS) is 33.5. The highest BCUT2D eigenvalue weighted by atomic mass is 16.5. The number of hydrogen-bond donors (Lipinski definition) is 1. The summed E-state index contributed by atoms with van der Waals surface area (Å²) in [5.41, 5.74) is 6.38. The number of likely N-dealkylation sites (tertiary alicyclic amines) is 1. The Labute approximate surface area is 125 Å². The average molecular weight is 282 g/mol. The predicted molar refractivity (Wildman–Crippen MR) is 84.8 cm³/mol. The van der Waals surface area contributed by atoms with E-state index < -0.39 is 0 Å². The average Bonchev–Trinajstić information content (AvgIpc) is 2.45. The predicted octanol–water partition coefficient (Wildman–Crippen LogP) is 2.89. The first-order valence-corrected chi connectivity index (χ1v) is 8.69.